The Kier molecular flexibility index (Phi) is 67.4. The minimum Gasteiger partial charge on any atom is -0.462 e. The van der Waals surface area contributed by atoms with Gasteiger partial charge in [0.05, 0.1) is 26.4 Å². The number of ether oxygens (including phenoxy) is 4. The summed E-state index contributed by atoms with van der Waals surface area (Å²) in [6, 6.07) is 0. The lowest BCUT2D eigenvalue weighted by atomic mass is 9.99. The highest BCUT2D eigenvalue weighted by atomic mass is 31.2. The van der Waals surface area contributed by atoms with E-state index in [9.17, 15) is 43.2 Å². The summed E-state index contributed by atoms with van der Waals surface area (Å²) in [5, 5.41) is 10.6. The molecule has 0 aliphatic carbocycles. The van der Waals surface area contributed by atoms with Gasteiger partial charge in [0.1, 0.15) is 19.3 Å². The van der Waals surface area contributed by atoms with E-state index in [1.54, 1.807) is 0 Å². The SMILES string of the molecule is CCCCCCCCCCCCCCCCCCCC(=O)OC[C@H](COP(=O)(O)OC[C@@H](O)COP(=O)(O)OC[C@@H](COC(=O)CCCCCCCCC(C)CC)OC(=O)CCCCCCCCCCCCC)OC(=O)CCCCCCCCCCCCCCCCC(C)CC. The van der Waals surface area contributed by atoms with Crippen LogP contribution in [0.15, 0.2) is 0 Å². The number of hydrogen-bond acceptors (Lipinski definition) is 15. The maximum absolute atomic E-state index is 13.1. The van der Waals surface area contributed by atoms with Crippen LogP contribution in [0, 0.1) is 11.8 Å². The van der Waals surface area contributed by atoms with Gasteiger partial charge in [0, 0.05) is 25.7 Å². The molecule has 0 aliphatic heterocycles. The Bertz CT molecular complexity index is 1860. The van der Waals surface area contributed by atoms with Crippen LogP contribution in [-0.2, 0) is 65.4 Å². The van der Waals surface area contributed by atoms with E-state index in [-0.39, 0.29) is 25.7 Å². The molecule has 0 aliphatic rings. The van der Waals surface area contributed by atoms with Crippen LogP contribution in [0.4, 0.5) is 0 Å². The van der Waals surface area contributed by atoms with Gasteiger partial charge in [-0.2, -0.15) is 0 Å². The normalized spacial score (nSPS) is 14.6. The number of aliphatic hydroxyl groups is 1. The van der Waals surface area contributed by atoms with E-state index in [0.29, 0.717) is 25.7 Å². The number of phosphoric ester groups is 2. The molecular formula is C77H150O17P2. The van der Waals surface area contributed by atoms with Crippen molar-refractivity contribution >= 4 is 39.5 Å². The molecule has 0 aromatic heterocycles. The van der Waals surface area contributed by atoms with Crippen molar-refractivity contribution in [1.29, 1.82) is 0 Å². The minimum atomic E-state index is -4.96. The van der Waals surface area contributed by atoms with Crippen molar-refractivity contribution in [3.05, 3.63) is 0 Å². The van der Waals surface area contributed by atoms with Crippen LogP contribution in [-0.4, -0.2) is 96.7 Å². The van der Waals surface area contributed by atoms with Gasteiger partial charge in [-0.15, -0.1) is 0 Å². The van der Waals surface area contributed by atoms with Crippen molar-refractivity contribution in [3.8, 4) is 0 Å². The molecule has 7 atom stereocenters. The molecule has 0 radical (unpaired) electrons. The van der Waals surface area contributed by atoms with E-state index in [1.165, 1.54) is 212 Å². The number of hydrogen-bond donors (Lipinski definition) is 3. The molecule has 0 saturated heterocycles. The fourth-order valence-corrected chi connectivity index (χ4v) is 13.3. The molecule has 96 heavy (non-hydrogen) atoms. The molecule has 19 heteroatoms. The molecule has 0 aromatic carbocycles. The van der Waals surface area contributed by atoms with Crippen molar-refractivity contribution in [3.63, 3.8) is 0 Å². The Morgan fingerprint density at radius 3 is 0.740 bits per heavy atom. The highest BCUT2D eigenvalue weighted by Crippen LogP contribution is 2.45. The molecule has 0 bridgehead atoms. The average Bonchev–Trinajstić information content (AvgIpc) is 2.22. The summed E-state index contributed by atoms with van der Waals surface area (Å²) in [4.78, 5) is 72.8. The van der Waals surface area contributed by atoms with Crippen molar-refractivity contribution in [1.82, 2.24) is 0 Å². The van der Waals surface area contributed by atoms with E-state index in [1.807, 2.05) is 0 Å². The summed E-state index contributed by atoms with van der Waals surface area (Å²) in [7, 11) is -9.91. The molecule has 0 aromatic rings. The topological polar surface area (TPSA) is 237 Å². The van der Waals surface area contributed by atoms with Gasteiger partial charge in [0.15, 0.2) is 12.2 Å². The number of esters is 4. The number of carbonyl (C=O) groups excluding carboxylic acids is 4. The maximum atomic E-state index is 13.1. The van der Waals surface area contributed by atoms with Crippen LogP contribution in [0.3, 0.4) is 0 Å². The molecule has 0 spiro atoms. The summed E-state index contributed by atoms with van der Waals surface area (Å²) in [6.45, 7) is 9.62. The third-order valence-corrected chi connectivity index (χ3v) is 20.6. The zero-order valence-corrected chi connectivity index (χ0v) is 64.5. The van der Waals surface area contributed by atoms with E-state index in [4.69, 9.17) is 37.0 Å². The first-order valence-corrected chi connectivity index (χ1v) is 43.1. The summed E-state index contributed by atoms with van der Waals surface area (Å²) in [5.74, 6) is -0.537. The van der Waals surface area contributed by atoms with Crippen molar-refractivity contribution < 1.29 is 80.2 Å². The fourth-order valence-electron chi connectivity index (χ4n) is 11.8. The molecule has 17 nitrogen and oxygen atoms in total. The predicted octanol–water partition coefficient (Wildman–Crippen LogP) is 22.7. The average molecular weight is 1410 g/mol. The van der Waals surface area contributed by atoms with Gasteiger partial charge in [-0.3, -0.25) is 37.3 Å². The van der Waals surface area contributed by atoms with Crippen LogP contribution < -0.4 is 0 Å². The third-order valence-electron chi connectivity index (χ3n) is 18.7. The van der Waals surface area contributed by atoms with E-state index < -0.39 is 97.5 Å². The van der Waals surface area contributed by atoms with Crippen molar-refractivity contribution in [2.24, 2.45) is 11.8 Å². The monoisotopic (exact) mass is 1410 g/mol. The highest BCUT2D eigenvalue weighted by molar-refractivity contribution is 7.47. The van der Waals surface area contributed by atoms with Gasteiger partial charge in [-0.25, -0.2) is 9.13 Å². The number of unbranched alkanes of at least 4 members (excludes halogenated alkanes) is 44. The highest BCUT2D eigenvalue weighted by Gasteiger charge is 2.30. The number of carbonyl (C=O) groups is 4. The van der Waals surface area contributed by atoms with Gasteiger partial charge in [0.25, 0.3) is 0 Å². The number of rotatable bonds is 76. The van der Waals surface area contributed by atoms with Crippen molar-refractivity contribution in [2.75, 3.05) is 39.6 Å². The Morgan fingerprint density at radius 1 is 0.292 bits per heavy atom. The smallest absolute Gasteiger partial charge is 0.462 e. The zero-order valence-electron chi connectivity index (χ0n) is 62.7. The molecule has 4 unspecified atom stereocenters. The van der Waals surface area contributed by atoms with Crippen LogP contribution in [0.25, 0.3) is 0 Å². The Labute approximate surface area is 588 Å². The molecule has 0 amide bonds. The van der Waals surface area contributed by atoms with Gasteiger partial charge < -0.3 is 33.8 Å². The molecule has 0 fully saturated rings. The summed E-state index contributed by atoms with van der Waals surface area (Å²) in [6.07, 6.45) is 56.8. The molecular weight excluding hydrogens is 1260 g/mol. The lowest BCUT2D eigenvalue weighted by Crippen LogP contribution is -2.30. The van der Waals surface area contributed by atoms with E-state index >= 15 is 0 Å². The van der Waals surface area contributed by atoms with Gasteiger partial charge in [0.2, 0.25) is 0 Å². The second-order valence-electron chi connectivity index (χ2n) is 28.2. The van der Waals surface area contributed by atoms with Crippen LogP contribution in [0.1, 0.15) is 401 Å². The second kappa shape index (κ2) is 68.8. The molecule has 0 rings (SSSR count). The Balaban J connectivity index is 5.23. The largest absolute Gasteiger partial charge is 0.472 e. The lowest BCUT2D eigenvalue weighted by molar-refractivity contribution is -0.161. The lowest BCUT2D eigenvalue weighted by Gasteiger charge is -2.21. The molecule has 0 heterocycles. The van der Waals surface area contributed by atoms with Gasteiger partial charge in [-0.05, 0) is 37.5 Å². The van der Waals surface area contributed by atoms with Crippen LogP contribution in [0.5, 0.6) is 0 Å². The zero-order chi connectivity index (χ0) is 70.7. The first-order chi connectivity index (χ1) is 46.4. The molecule has 3 N–H and O–H groups in total. The predicted molar refractivity (Wildman–Crippen MR) is 391 cm³/mol. The summed E-state index contributed by atoms with van der Waals surface area (Å²) < 4.78 is 68.5. The van der Waals surface area contributed by atoms with E-state index in [0.717, 1.165) is 108 Å². The van der Waals surface area contributed by atoms with Gasteiger partial charge in [-0.1, -0.05) is 350 Å². The third kappa shape index (κ3) is 67.9. The maximum Gasteiger partial charge on any atom is 0.472 e. The van der Waals surface area contributed by atoms with Crippen LogP contribution in [0.2, 0.25) is 0 Å². The quantitative estimate of drug-likeness (QED) is 0.0222. The molecule has 0 saturated carbocycles. The van der Waals surface area contributed by atoms with Crippen LogP contribution >= 0.6 is 15.6 Å². The summed E-state index contributed by atoms with van der Waals surface area (Å²) in [5.41, 5.74) is 0. The minimum absolute atomic E-state index is 0.106. The van der Waals surface area contributed by atoms with Crippen molar-refractivity contribution in [2.45, 2.75) is 419 Å². The molecule has 570 valence electrons. The standard InChI is InChI=1S/C77H150O17P2/c1-7-11-13-15-17-19-21-22-23-24-25-29-33-36-40-47-53-59-74(79)87-65-72(93-77(82)62-56-50-42-38-34-30-27-26-28-32-35-39-45-51-57-69(5)9-3)67-91-95(83,84)89-63-71(78)64-90-96(85,86)92-68-73(66-88-75(80)60-54-48-44-43-46-52-58-70(6)10-4)94-76(81)61-55-49-41-37-31-20-18-16-14-12-8-2/h69-73,78H,7-68H2,1-6H3,(H,83,84)(H,85,86)/t69?,70?,71-,72-,73-/m1/s1. The first kappa shape index (κ1) is 94.1. The number of aliphatic hydroxyl groups excluding tert-OH is 1. The summed E-state index contributed by atoms with van der Waals surface area (Å²) >= 11 is 0. The Morgan fingerprint density at radius 2 is 0.500 bits per heavy atom. The first-order valence-electron chi connectivity index (χ1n) is 40.1. The second-order valence-corrected chi connectivity index (χ2v) is 31.1. The number of phosphoric acid groups is 2. The van der Waals surface area contributed by atoms with Gasteiger partial charge >= 0.3 is 39.5 Å². The fraction of sp³-hybridized carbons (Fsp3) is 0.948. The van der Waals surface area contributed by atoms with E-state index in [2.05, 4.69) is 41.5 Å². The Hall–Kier alpha value is -1.94.